The molecule has 0 bridgehead atoms. The summed E-state index contributed by atoms with van der Waals surface area (Å²) >= 11 is 12.2. The third-order valence-corrected chi connectivity index (χ3v) is 8.53. The van der Waals surface area contributed by atoms with Gasteiger partial charge in [-0.1, -0.05) is 59.6 Å². The van der Waals surface area contributed by atoms with E-state index in [1.54, 1.807) is 0 Å². The molecule has 1 amide bonds. The molecule has 0 N–H and O–H groups in total. The maximum absolute atomic E-state index is 13.4. The van der Waals surface area contributed by atoms with E-state index < -0.39 is 0 Å². The Morgan fingerprint density at radius 2 is 1.79 bits per heavy atom. The minimum Gasteiger partial charge on any atom is -0.371 e. The van der Waals surface area contributed by atoms with E-state index in [1.165, 1.54) is 11.9 Å². The number of amides is 1. The van der Waals surface area contributed by atoms with Gasteiger partial charge in [0.2, 0.25) is 0 Å². The first-order chi connectivity index (χ1) is 18.5. The lowest BCUT2D eigenvalue weighted by atomic mass is 9.99. The van der Waals surface area contributed by atoms with Gasteiger partial charge in [-0.2, -0.15) is 0 Å². The lowest BCUT2D eigenvalue weighted by Crippen LogP contribution is -2.50. The van der Waals surface area contributed by atoms with Crippen LogP contribution in [0.15, 0.2) is 54.9 Å². The largest absolute Gasteiger partial charge is 0.371 e. The van der Waals surface area contributed by atoms with Gasteiger partial charge < -0.3 is 9.64 Å². The third-order valence-electron chi connectivity index (χ3n) is 7.79. The van der Waals surface area contributed by atoms with E-state index in [4.69, 9.17) is 27.9 Å². The third kappa shape index (κ3) is 6.37. The number of benzene rings is 2. The van der Waals surface area contributed by atoms with Crippen LogP contribution in [0.4, 0.5) is 0 Å². The lowest BCUT2D eigenvalue weighted by Gasteiger charge is -2.42. The van der Waals surface area contributed by atoms with Crippen molar-refractivity contribution in [3.63, 3.8) is 0 Å². The number of aryl methyl sites for hydroxylation is 2. The van der Waals surface area contributed by atoms with Crippen LogP contribution in [0.1, 0.15) is 58.2 Å². The minimum atomic E-state index is 0.0122. The highest BCUT2D eigenvalue weighted by Crippen LogP contribution is 2.27. The zero-order chi connectivity index (χ0) is 26.5. The van der Waals surface area contributed by atoms with Crippen LogP contribution >= 0.6 is 23.2 Å². The minimum absolute atomic E-state index is 0.0122. The van der Waals surface area contributed by atoms with Gasteiger partial charge in [-0.3, -0.25) is 9.69 Å². The van der Waals surface area contributed by atoms with Crippen LogP contribution in [0.25, 0.3) is 0 Å². The number of rotatable bonds is 7. The molecule has 0 aliphatic carbocycles. The Bertz CT molecular complexity index is 1250. The first-order valence-corrected chi connectivity index (χ1v) is 14.2. The normalized spacial score (nSPS) is 19.0. The molecule has 38 heavy (non-hydrogen) atoms. The van der Waals surface area contributed by atoms with E-state index in [2.05, 4.69) is 39.1 Å². The van der Waals surface area contributed by atoms with Gasteiger partial charge in [0.25, 0.3) is 5.91 Å². The highest BCUT2D eigenvalue weighted by atomic mass is 35.5. The fraction of sp³-hybridized carbons (Fsp3) is 0.433. The van der Waals surface area contributed by atoms with Crippen molar-refractivity contribution >= 4 is 29.1 Å². The number of carbonyl (C=O) groups is 1. The second-order valence-corrected chi connectivity index (χ2v) is 11.0. The predicted octanol–water partition coefficient (Wildman–Crippen LogP) is 5.95. The number of ether oxygens (including phenoxy) is 1. The molecule has 2 aromatic carbocycles. The van der Waals surface area contributed by atoms with Crippen molar-refractivity contribution in [2.75, 3.05) is 32.8 Å². The Labute approximate surface area is 234 Å². The van der Waals surface area contributed by atoms with E-state index in [0.29, 0.717) is 21.8 Å². The number of halogens is 2. The van der Waals surface area contributed by atoms with Gasteiger partial charge in [0.1, 0.15) is 12.0 Å². The van der Waals surface area contributed by atoms with Crippen molar-refractivity contribution in [1.29, 1.82) is 0 Å². The first-order valence-electron chi connectivity index (χ1n) is 13.4. The molecule has 8 heteroatoms. The molecule has 3 aromatic rings. The fourth-order valence-electron chi connectivity index (χ4n) is 5.56. The number of carbonyl (C=O) groups excluding carboxylic acids is 1. The van der Waals surface area contributed by atoms with Crippen molar-refractivity contribution in [1.82, 2.24) is 19.8 Å². The Hall–Kier alpha value is -2.51. The van der Waals surface area contributed by atoms with Crippen LogP contribution in [0.5, 0.6) is 0 Å². The average molecular weight is 554 g/mol. The molecule has 1 aromatic heterocycles. The standard InChI is InChI=1S/C30H34Cl2N4O2/c1-21-27(9-5-6-22-10-11-25(31)26(32)18-22)33-20-34-29(21)30(37)35-14-12-24(13-15-35)36-16-17-38-28(19-36)23-7-3-2-4-8-23/h2-4,7-8,10-11,18,20,24,28H,5-6,9,12-17,19H2,1H3. The van der Waals surface area contributed by atoms with Crippen LogP contribution in [0.3, 0.4) is 0 Å². The summed E-state index contributed by atoms with van der Waals surface area (Å²) < 4.78 is 6.06. The van der Waals surface area contributed by atoms with Crippen LogP contribution in [0, 0.1) is 6.92 Å². The van der Waals surface area contributed by atoms with E-state index in [-0.39, 0.29) is 12.0 Å². The summed E-state index contributed by atoms with van der Waals surface area (Å²) in [6, 6.07) is 16.7. The first kappa shape index (κ1) is 27.1. The van der Waals surface area contributed by atoms with Gasteiger partial charge in [0.15, 0.2) is 0 Å². The smallest absolute Gasteiger partial charge is 0.272 e. The Morgan fingerprint density at radius 3 is 2.55 bits per heavy atom. The molecule has 3 heterocycles. The summed E-state index contributed by atoms with van der Waals surface area (Å²) in [6.07, 6.45) is 6.11. The molecule has 6 nitrogen and oxygen atoms in total. The summed E-state index contributed by atoms with van der Waals surface area (Å²) in [4.78, 5) is 26.8. The summed E-state index contributed by atoms with van der Waals surface area (Å²) in [5.41, 5.74) is 4.71. The second kappa shape index (κ2) is 12.6. The van der Waals surface area contributed by atoms with Gasteiger partial charge >= 0.3 is 0 Å². The summed E-state index contributed by atoms with van der Waals surface area (Å²) in [6.45, 7) is 6.04. The van der Waals surface area contributed by atoms with Crippen molar-refractivity contribution in [3.8, 4) is 0 Å². The van der Waals surface area contributed by atoms with E-state index in [9.17, 15) is 4.79 Å². The zero-order valence-electron chi connectivity index (χ0n) is 21.8. The Morgan fingerprint density at radius 1 is 1.00 bits per heavy atom. The predicted molar refractivity (Wildman–Crippen MR) is 151 cm³/mol. The molecule has 0 spiro atoms. The molecule has 1 atom stereocenters. The topological polar surface area (TPSA) is 58.6 Å². The summed E-state index contributed by atoms with van der Waals surface area (Å²) in [7, 11) is 0. The number of hydrogen-bond donors (Lipinski definition) is 0. The van der Waals surface area contributed by atoms with Gasteiger partial charge in [0, 0.05) is 43.5 Å². The number of aromatic nitrogens is 2. The number of piperidine rings is 1. The molecule has 200 valence electrons. The van der Waals surface area contributed by atoms with Gasteiger partial charge in [0.05, 0.1) is 22.8 Å². The highest BCUT2D eigenvalue weighted by molar-refractivity contribution is 6.42. The molecule has 2 saturated heterocycles. The summed E-state index contributed by atoms with van der Waals surface area (Å²) in [5.74, 6) is 0.0122. The molecule has 2 aliphatic rings. The molecule has 2 aliphatic heterocycles. The molecular formula is C30H34Cl2N4O2. The molecular weight excluding hydrogens is 519 g/mol. The maximum Gasteiger partial charge on any atom is 0.272 e. The Kier molecular flexibility index (Phi) is 8.95. The average Bonchev–Trinajstić information content (AvgIpc) is 2.96. The van der Waals surface area contributed by atoms with Gasteiger partial charge in [-0.05, 0) is 62.3 Å². The molecule has 2 fully saturated rings. The molecule has 0 saturated carbocycles. The SMILES string of the molecule is Cc1c(CCCc2ccc(Cl)c(Cl)c2)ncnc1C(=O)N1CCC(N2CCOC(c3ccccc3)C2)CC1. The number of morpholine rings is 1. The lowest BCUT2D eigenvalue weighted by molar-refractivity contribution is -0.0525. The van der Waals surface area contributed by atoms with Crippen molar-refractivity contribution < 1.29 is 9.53 Å². The second-order valence-electron chi connectivity index (χ2n) is 10.2. The summed E-state index contributed by atoms with van der Waals surface area (Å²) in [5, 5.41) is 1.14. The number of nitrogens with zero attached hydrogens (tertiary/aromatic N) is 4. The van der Waals surface area contributed by atoms with Crippen LogP contribution in [-0.2, 0) is 17.6 Å². The molecule has 5 rings (SSSR count). The molecule has 0 radical (unpaired) electrons. The highest BCUT2D eigenvalue weighted by Gasteiger charge is 2.32. The monoisotopic (exact) mass is 552 g/mol. The fourth-order valence-corrected chi connectivity index (χ4v) is 5.88. The van der Waals surface area contributed by atoms with E-state index in [0.717, 1.165) is 81.7 Å². The van der Waals surface area contributed by atoms with Crippen LogP contribution < -0.4 is 0 Å². The number of likely N-dealkylation sites (tertiary alicyclic amines) is 1. The number of hydrogen-bond acceptors (Lipinski definition) is 5. The van der Waals surface area contributed by atoms with Crippen molar-refractivity contribution in [2.45, 2.75) is 51.2 Å². The van der Waals surface area contributed by atoms with E-state index in [1.807, 2.05) is 36.1 Å². The maximum atomic E-state index is 13.4. The van der Waals surface area contributed by atoms with Crippen molar-refractivity contribution in [2.24, 2.45) is 0 Å². The quantitative estimate of drug-likeness (QED) is 0.362. The Balaban J connectivity index is 1.15. The van der Waals surface area contributed by atoms with Crippen LogP contribution in [-0.4, -0.2) is 64.5 Å². The zero-order valence-corrected chi connectivity index (χ0v) is 23.3. The van der Waals surface area contributed by atoms with E-state index >= 15 is 0 Å². The molecule has 1 unspecified atom stereocenters. The van der Waals surface area contributed by atoms with Gasteiger partial charge in [-0.15, -0.1) is 0 Å². The van der Waals surface area contributed by atoms with Crippen molar-refractivity contribution in [3.05, 3.63) is 93.0 Å². The van der Waals surface area contributed by atoms with Crippen LogP contribution in [0.2, 0.25) is 10.0 Å². The van der Waals surface area contributed by atoms with Gasteiger partial charge in [-0.25, -0.2) is 9.97 Å².